The van der Waals surface area contributed by atoms with Crippen LogP contribution < -0.4 is 15.5 Å². The van der Waals surface area contributed by atoms with E-state index in [2.05, 4.69) is 38.8 Å². The molecule has 8 heteroatoms. The van der Waals surface area contributed by atoms with E-state index in [1.807, 2.05) is 42.3 Å². The number of benzene rings is 2. The van der Waals surface area contributed by atoms with Crippen molar-refractivity contribution in [1.29, 1.82) is 5.41 Å². The summed E-state index contributed by atoms with van der Waals surface area (Å²) < 4.78 is 7.32. The predicted molar refractivity (Wildman–Crippen MR) is 138 cm³/mol. The number of hydrogen-bond donors (Lipinski definition) is 3. The average molecular weight is 473 g/mol. The number of aromatic nitrogens is 2. The molecule has 0 bridgehead atoms. The number of nitrogens with one attached hydrogen (secondary N) is 3. The minimum Gasteiger partial charge on any atom is -0.382 e. The quantitative estimate of drug-likeness (QED) is 0.388. The molecule has 0 unspecified atom stereocenters. The summed E-state index contributed by atoms with van der Waals surface area (Å²) in [6.07, 6.45) is 7.68. The van der Waals surface area contributed by atoms with E-state index in [0.717, 1.165) is 73.5 Å². The van der Waals surface area contributed by atoms with Gasteiger partial charge in [-0.25, -0.2) is 0 Å². The maximum Gasteiger partial charge on any atom is 0.251 e. The van der Waals surface area contributed by atoms with Gasteiger partial charge in [0, 0.05) is 74.2 Å². The molecule has 5 rings (SSSR count). The van der Waals surface area contributed by atoms with E-state index in [-0.39, 0.29) is 11.9 Å². The van der Waals surface area contributed by atoms with Gasteiger partial charge in [0.1, 0.15) is 5.84 Å². The normalized spacial score (nSPS) is 16.0. The van der Waals surface area contributed by atoms with E-state index in [0.29, 0.717) is 11.4 Å². The number of aryl methyl sites for hydroxylation is 2. The van der Waals surface area contributed by atoms with Gasteiger partial charge in [-0.3, -0.25) is 14.9 Å². The van der Waals surface area contributed by atoms with Gasteiger partial charge in [-0.15, -0.1) is 0 Å². The fourth-order valence-electron chi connectivity index (χ4n) is 4.94. The lowest BCUT2D eigenvalue weighted by molar-refractivity contribution is 0.0904. The lowest BCUT2D eigenvalue weighted by Crippen LogP contribution is -2.37. The van der Waals surface area contributed by atoms with Crippen LogP contribution >= 0.6 is 0 Å². The van der Waals surface area contributed by atoms with E-state index >= 15 is 0 Å². The third-order valence-corrected chi connectivity index (χ3v) is 6.85. The summed E-state index contributed by atoms with van der Waals surface area (Å²) >= 11 is 0. The van der Waals surface area contributed by atoms with Crippen molar-refractivity contribution < 1.29 is 9.53 Å². The molecule has 0 saturated carbocycles. The Hall–Kier alpha value is -3.65. The van der Waals surface area contributed by atoms with Gasteiger partial charge in [-0.1, -0.05) is 6.07 Å². The van der Waals surface area contributed by atoms with Crippen molar-refractivity contribution in [2.75, 3.05) is 37.0 Å². The van der Waals surface area contributed by atoms with Gasteiger partial charge in [0.25, 0.3) is 5.91 Å². The molecule has 8 nitrogen and oxygen atoms in total. The largest absolute Gasteiger partial charge is 0.382 e. The number of anilines is 2. The Morgan fingerprint density at radius 3 is 2.71 bits per heavy atom. The number of rotatable bonds is 5. The van der Waals surface area contributed by atoms with Gasteiger partial charge >= 0.3 is 0 Å². The van der Waals surface area contributed by atoms with E-state index in [1.165, 1.54) is 5.56 Å². The minimum absolute atomic E-state index is 0.156. The summed E-state index contributed by atoms with van der Waals surface area (Å²) in [6.45, 7) is 2.23. The molecule has 3 aromatic rings. The smallest absolute Gasteiger partial charge is 0.251 e. The summed E-state index contributed by atoms with van der Waals surface area (Å²) in [6, 6.07) is 12.3. The Kier molecular flexibility index (Phi) is 6.55. The van der Waals surface area contributed by atoms with Crippen LogP contribution in [0.3, 0.4) is 0 Å². The lowest BCUT2D eigenvalue weighted by atomic mass is 9.96. The van der Waals surface area contributed by atoms with Crippen LogP contribution in [0.5, 0.6) is 0 Å². The summed E-state index contributed by atoms with van der Waals surface area (Å²) in [7, 11) is 3.55. The number of nitrogens with zero attached hydrogens (tertiary/aromatic N) is 3. The van der Waals surface area contributed by atoms with Crippen molar-refractivity contribution in [3.63, 3.8) is 0 Å². The van der Waals surface area contributed by atoms with Gasteiger partial charge in [0.05, 0.1) is 6.20 Å². The molecule has 2 aromatic carbocycles. The SMILES string of the molecule is CNC(=O)c1ccc(NC2CCOCC2)c(C(=N)N2CCCc3cc(-c4cnn(C)c4)ccc32)c1. The first-order chi connectivity index (χ1) is 17.0. The molecule has 2 aliphatic heterocycles. The molecule has 1 saturated heterocycles. The molecular formula is C27H32N6O2. The second kappa shape index (κ2) is 9.92. The van der Waals surface area contributed by atoms with Crippen molar-refractivity contribution in [2.24, 2.45) is 7.05 Å². The molecule has 35 heavy (non-hydrogen) atoms. The van der Waals surface area contributed by atoms with Crippen molar-refractivity contribution >= 4 is 23.1 Å². The third-order valence-electron chi connectivity index (χ3n) is 6.85. The molecule has 1 fully saturated rings. The van der Waals surface area contributed by atoms with Crippen molar-refractivity contribution in [1.82, 2.24) is 15.1 Å². The highest BCUT2D eigenvalue weighted by atomic mass is 16.5. The maximum absolute atomic E-state index is 12.4. The summed E-state index contributed by atoms with van der Waals surface area (Å²) in [5.41, 5.74) is 6.67. The molecule has 182 valence electrons. The Morgan fingerprint density at radius 1 is 1.14 bits per heavy atom. The van der Waals surface area contributed by atoms with Crippen molar-refractivity contribution in [3.05, 3.63) is 65.5 Å². The third kappa shape index (κ3) is 4.79. The van der Waals surface area contributed by atoms with Crippen molar-refractivity contribution in [2.45, 2.75) is 31.7 Å². The molecule has 3 heterocycles. The van der Waals surface area contributed by atoms with Crippen LogP contribution in [0.15, 0.2) is 48.8 Å². The Bertz CT molecular complexity index is 1240. The molecule has 2 aliphatic rings. The van der Waals surface area contributed by atoms with Gasteiger partial charge in [0.15, 0.2) is 0 Å². The number of fused-ring (bicyclic) bond motifs is 1. The van der Waals surface area contributed by atoms with Gasteiger partial charge < -0.3 is 20.3 Å². The Labute approximate surface area is 205 Å². The maximum atomic E-state index is 12.4. The second-order valence-corrected chi connectivity index (χ2v) is 9.22. The van der Waals surface area contributed by atoms with E-state index in [9.17, 15) is 10.2 Å². The zero-order chi connectivity index (χ0) is 24.4. The highest BCUT2D eigenvalue weighted by Gasteiger charge is 2.25. The second-order valence-electron chi connectivity index (χ2n) is 9.22. The van der Waals surface area contributed by atoms with Crippen LogP contribution in [0.2, 0.25) is 0 Å². The molecule has 3 N–H and O–H groups in total. The monoisotopic (exact) mass is 472 g/mol. The highest BCUT2D eigenvalue weighted by molar-refractivity contribution is 6.13. The highest BCUT2D eigenvalue weighted by Crippen LogP contribution is 2.34. The van der Waals surface area contributed by atoms with Crippen LogP contribution in [0.4, 0.5) is 11.4 Å². The van der Waals surface area contributed by atoms with Crippen molar-refractivity contribution in [3.8, 4) is 11.1 Å². The summed E-state index contributed by atoms with van der Waals surface area (Å²) in [5, 5.41) is 19.9. The van der Waals surface area contributed by atoms with Crippen LogP contribution in [0.25, 0.3) is 11.1 Å². The van der Waals surface area contributed by atoms with E-state index in [1.54, 1.807) is 7.05 Å². The molecule has 1 amide bonds. The van der Waals surface area contributed by atoms with E-state index in [4.69, 9.17) is 4.74 Å². The molecule has 0 radical (unpaired) electrons. The van der Waals surface area contributed by atoms with Crippen LogP contribution in [-0.2, 0) is 18.2 Å². The number of carbonyl (C=O) groups excluding carboxylic acids is 1. The number of amides is 1. The zero-order valence-corrected chi connectivity index (χ0v) is 20.3. The fourth-order valence-corrected chi connectivity index (χ4v) is 4.94. The molecule has 0 atom stereocenters. The fraction of sp³-hybridized carbons (Fsp3) is 0.370. The van der Waals surface area contributed by atoms with Crippen LogP contribution in [-0.4, -0.2) is 54.4 Å². The first-order valence-corrected chi connectivity index (χ1v) is 12.2. The summed E-state index contributed by atoms with van der Waals surface area (Å²) in [4.78, 5) is 14.5. The zero-order valence-electron chi connectivity index (χ0n) is 20.3. The Balaban J connectivity index is 1.48. The molecular weight excluding hydrogens is 440 g/mol. The Morgan fingerprint density at radius 2 is 1.97 bits per heavy atom. The molecule has 0 spiro atoms. The lowest BCUT2D eigenvalue weighted by Gasteiger charge is -2.33. The topological polar surface area (TPSA) is 95.3 Å². The predicted octanol–water partition coefficient (Wildman–Crippen LogP) is 3.82. The number of amidine groups is 1. The number of hydrogen-bond acceptors (Lipinski definition) is 5. The van der Waals surface area contributed by atoms with Gasteiger partial charge in [-0.05, 0) is 67.1 Å². The standard InChI is InChI=1S/C27H32N6O2/c1-29-27(34)20-5-7-24(31-22-9-12-35-13-10-22)23(15-20)26(28)33-11-3-4-19-14-18(6-8-25(19)33)21-16-30-32(2)17-21/h5-8,14-17,22,28,31H,3-4,9-13H2,1-2H3,(H,29,34). The summed E-state index contributed by atoms with van der Waals surface area (Å²) in [5.74, 6) is 0.247. The first-order valence-electron chi connectivity index (χ1n) is 12.2. The first kappa shape index (κ1) is 23.1. The average Bonchev–Trinajstić information content (AvgIpc) is 3.34. The van der Waals surface area contributed by atoms with E-state index < -0.39 is 0 Å². The molecule has 0 aliphatic carbocycles. The number of carbonyl (C=O) groups is 1. The molecule has 1 aromatic heterocycles. The van der Waals surface area contributed by atoms with Crippen LogP contribution in [0.1, 0.15) is 40.7 Å². The number of ether oxygens (including phenoxy) is 1. The van der Waals surface area contributed by atoms with Gasteiger partial charge in [-0.2, -0.15) is 5.10 Å². The van der Waals surface area contributed by atoms with Crippen LogP contribution in [0, 0.1) is 5.41 Å². The minimum atomic E-state index is -0.156. The van der Waals surface area contributed by atoms with Gasteiger partial charge in [0.2, 0.25) is 0 Å².